The Bertz CT molecular complexity index is 547. The van der Waals surface area contributed by atoms with E-state index in [1.165, 1.54) is 0 Å². The van der Waals surface area contributed by atoms with Crippen molar-refractivity contribution in [2.75, 3.05) is 33.2 Å². The number of amides is 1. The Kier molecular flexibility index (Phi) is 4.68. The highest BCUT2D eigenvalue weighted by atomic mass is 16.2. The molecular weight excluding hydrogens is 292 g/mol. The zero-order valence-electron chi connectivity index (χ0n) is 14.5. The highest BCUT2D eigenvalue weighted by Gasteiger charge is 2.45. The van der Waals surface area contributed by atoms with Gasteiger partial charge in [0.15, 0.2) is 0 Å². The fourth-order valence-corrected chi connectivity index (χ4v) is 3.77. The minimum Gasteiger partial charge on any atom is -0.354 e. The van der Waals surface area contributed by atoms with E-state index in [2.05, 4.69) is 50.8 Å². The Hall–Kier alpha value is -1.47. The maximum absolute atomic E-state index is 12.6. The van der Waals surface area contributed by atoms with Crippen LogP contribution in [0.5, 0.6) is 0 Å². The minimum absolute atomic E-state index is 0.211. The molecule has 2 aliphatic heterocycles. The van der Waals surface area contributed by atoms with Crippen molar-refractivity contribution in [2.24, 2.45) is 0 Å². The molecule has 128 valence electrons. The lowest BCUT2D eigenvalue weighted by molar-refractivity contribution is -0.134. The lowest BCUT2D eigenvalue weighted by Crippen LogP contribution is -2.60. The molecule has 0 bridgehead atoms. The second kappa shape index (κ2) is 6.57. The van der Waals surface area contributed by atoms with Gasteiger partial charge in [-0.25, -0.2) is 0 Å². The first kappa shape index (κ1) is 16.4. The molecule has 1 amide bonds. The van der Waals surface area contributed by atoms with Gasteiger partial charge in [0.2, 0.25) is 5.91 Å². The zero-order chi connectivity index (χ0) is 16.4. The van der Waals surface area contributed by atoms with Crippen LogP contribution in [-0.2, 0) is 11.3 Å². The highest BCUT2D eigenvalue weighted by Crippen LogP contribution is 2.30. The van der Waals surface area contributed by atoms with E-state index in [9.17, 15) is 4.79 Å². The molecule has 2 aliphatic rings. The van der Waals surface area contributed by atoms with Crippen molar-refractivity contribution < 1.29 is 4.79 Å². The first-order chi connectivity index (χ1) is 11.0. The maximum atomic E-state index is 12.6. The molecule has 2 fully saturated rings. The molecule has 23 heavy (non-hydrogen) atoms. The Labute approximate surface area is 138 Å². The third-order valence-electron chi connectivity index (χ3n) is 5.36. The molecule has 1 spiro atoms. The molecule has 0 aromatic carbocycles. The Balaban J connectivity index is 1.66. The molecule has 0 radical (unpaired) electrons. The number of aromatic nitrogens is 3. The number of likely N-dealkylation sites (tertiary alicyclic amines) is 1. The van der Waals surface area contributed by atoms with E-state index >= 15 is 0 Å². The first-order valence-electron chi connectivity index (χ1n) is 8.63. The lowest BCUT2D eigenvalue weighted by Gasteiger charge is -2.44. The third kappa shape index (κ3) is 3.12. The van der Waals surface area contributed by atoms with Crippen molar-refractivity contribution in [3.63, 3.8) is 0 Å². The molecule has 0 unspecified atom stereocenters. The molecule has 0 saturated carbocycles. The van der Waals surface area contributed by atoms with Gasteiger partial charge in [-0.15, -0.1) is 10.2 Å². The van der Waals surface area contributed by atoms with Crippen LogP contribution < -0.4 is 5.32 Å². The molecule has 1 aromatic heterocycles. The van der Waals surface area contributed by atoms with Gasteiger partial charge >= 0.3 is 0 Å². The van der Waals surface area contributed by atoms with Crippen LogP contribution in [0.1, 0.15) is 45.0 Å². The van der Waals surface area contributed by atoms with Crippen LogP contribution in [0.15, 0.2) is 6.33 Å². The number of rotatable bonds is 3. The maximum Gasteiger partial charge on any atom is 0.240 e. The van der Waals surface area contributed by atoms with Crippen LogP contribution in [0.3, 0.4) is 0 Å². The van der Waals surface area contributed by atoms with Crippen LogP contribution in [0.4, 0.5) is 0 Å². The number of nitrogens with one attached hydrogen (secondary N) is 1. The van der Waals surface area contributed by atoms with Crippen LogP contribution >= 0.6 is 0 Å². The van der Waals surface area contributed by atoms with E-state index in [4.69, 9.17) is 0 Å². The minimum atomic E-state index is -0.321. The topological polar surface area (TPSA) is 66.3 Å². The summed E-state index contributed by atoms with van der Waals surface area (Å²) in [6, 6.07) is 0.370. The SMILES string of the molecule is CC(C)n1cnnc1CN1CCC2(CC1)C(=O)NCCCN2C. The number of carbonyl (C=O) groups is 1. The predicted molar refractivity (Wildman–Crippen MR) is 87.9 cm³/mol. The molecular formula is C16H28N6O. The second-order valence-electron chi connectivity index (χ2n) is 7.09. The molecule has 1 N–H and O–H groups in total. The van der Waals surface area contributed by atoms with Gasteiger partial charge in [-0.1, -0.05) is 0 Å². The van der Waals surface area contributed by atoms with E-state index in [1.807, 2.05) is 0 Å². The van der Waals surface area contributed by atoms with Gasteiger partial charge in [-0.05, 0) is 40.2 Å². The van der Waals surface area contributed by atoms with Crippen LogP contribution in [0, 0.1) is 0 Å². The normalized spacial score (nSPS) is 23.2. The summed E-state index contributed by atoms with van der Waals surface area (Å²) in [5.74, 6) is 1.22. The molecule has 2 saturated heterocycles. The molecule has 7 nitrogen and oxygen atoms in total. The highest BCUT2D eigenvalue weighted by molar-refractivity contribution is 5.86. The fourth-order valence-electron chi connectivity index (χ4n) is 3.77. The molecule has 3 rings (SSSR count). The van der Waals surface area contributed by atoms with Crippen LogP contribution in [0.2, 0.25) is 0 Å². The van der Waals surface area contributed by atoms with Crippen molar-refractivity contribution in [3.8, 4) is 0 Å². The molecule has 0 aliphatic carbocycles. The first-order valence-corrected chi connectivity index (χ1v) is 8.63. The fraction of sp³-hybridized carbons (Fsp3) is 0.812. The summed E-state index contributed by atoms with van der Waals surface area (Å²) >= 11 is 0. The Morgan fingerprint density at radius 1 is 1.30 bits per heavy atom. The van der Waals surface area contributed by atoms with Gasteiger partial charge in [0.25, 0.3) is 0 Å². The zero-order valence-corrected chi connectivity index (χ0v) is 14.5. The number of nitrogens with zero attached hydrogens (tertiary/aromatic N) is 5. The average Bonchev–Trinajstić information content (AvgIpc) is 2.95. The summed E-state index contributed by atoms with van der Waals surface area (Å²) in [6.07, 6.45) is 4.60. The number of hydrogen-bond acceptors (Lipinski definition) is 5. The summed E-state index contributed by atoms with van der Waals surface area (Å²) in [7, 11) is 2.09. The summed E-state index contributed by atoms with van der Waals surface area (Å²) in [4.78, 5) is 17.2. The van der Waals surface area contributed by atoms with Crippen molar-refractivity contribution in [3.05, 3.63) is 12.2 Å². The van der Waals surface area contributed by atoms with Gasteiger partial charge in [-0.3, -0.25) is 14.6 Å². The van der Waals surface area contributed by atoms with Gasteiger partial charge in [0, 0.05) is 32.2 Å². The van der Waals surface area contributed by atoms with E-state index < -0.39 is 0 Å². The summed E-state index contributed by atoms with van der Waals surface area (Å²) in [5, 5.41) is 11.4. The van der Waals surface area contributed by atoms with Gasteiger partial charge in [-0.2, -0.15) is 0 Å². The molecule has 3 heterocycles. The number of carbonyl (C=O) groups excluding carboxylic acids is 1. The van der Waals surface area contributed by atoms with E-state index in [1.54, 1.807) is 6.33 Å². The van der Waals surface area contributed by atoms with Crippen molar-refractivity contribution >= 4 is 5.91 Å². The second-order valence-corrected chi connectivity index (χ2v) is 7.09. The average molecular weight is 320 g/mol. The monoisotopic (exact) mass is 320 g/mol. The lowest BCUT2D eigenvalue weighted by atomic mass is 9.85. The number of piperidine rings is 1. The van der Waals surface area contributed by atoms with Gasteiger partial charge in [0.05, 0.1) is 6.54 Å². The molecule has 0 atom stereocenters. The van der Waals surface area contributed by atoms with Gasteiger partial charge in [0.1, 0.15) is 17.7 Å². The summed E-state index contributed by atoms with van der Waals surface area (Å²) in [5.41, 5.74) is -0.321. The van der Waals surface area contributed by atoms with Crippen molar-refractivity contribution in [1.29, 1.82) is 0 Å². The smallest absolute Gasteiger partial charge is 0.240 e. The predicted octanol–water partition coefficient (Wildman–Crippen LogP) is 0.645. The van der Waals surface area contributed by atoms with Gasteiger partial charge < -0.3 is 9.88 Å². The van der Waals surface area contributed by atoms with Crippen molar-refractivity contribution in [2.45, 2.75) is 51.2 Å². The van der Waals surface area contributed by atoms with Crippen LogP contribution in [-0.4, -0.2) is 69.2 Å². The summed E-state index contributed by atoms with van der Waals surface area (Å²) in [6.45, 7) is 8.71. The quantitative estimate of drug-likeness (QED) is 0.885. The van der Waals surface area contributed by atoms with Crippen molar-refractivity contribution in [1.82, 2.24) is 29.9 Å². The van der Waals surface area contributed by atoms with E-state index in [0.29, 0.717) is 6.04 Å². The van der Waals surface area contributed by atoms with E-state index in [0.717, 1.165) is 57.8 Å². The third-order valence-corrected chi connectivity index (χ3v) is 5.36. The summed E-state index contributed by atoms with van der Waals surface area (Å²) < 4.78 is 2.12. The Morgan fingerprint density at radius 2 is 2.04 bits per heavy atom. The number of likely N-dealkylation sites (N-methyl/N-ethyl adjacent to an activating group) is 1. The Morgan fingerprint density at radius 3 is 2.74 bits per heavy atom. The van der Waals surface area contributed by atoms with Crippen LogP contribution in [0.25, 0.3) is 0 Å². The largest absolute Gasteiger partial charge is 0.354 e. The van der Waals surface area contributed by atoms with E-state index in [-0.39, 0.29) is 11.4 Å². The number of hydrogen-bond donors (Lipinski definition) is 1. The molecule has 7 heteroatoms. The standard InChI is InChI=1S/C16H28N6O/c1-13(2)22-12-18-19-14(22)11-21-9-5-16(6-10-21)15(23)17-7-4-8-20(16)3/h12-13H,4-11H2,1-3H3,(H,17,23). The molecule has 1 aromatic rings.